The minimum absolute atomic E-state index is 0.0690. The van der Waals surface area contributed by atoms with Crippen molar-refractivity contribution in [1.29, 1.82) is 0 Å². The highest BCUT2D eigenvalue weighted by atomic mass is 35.5. The summed E-state index contributed by atoms with van der Waals surface area (Å²) in [5.74, 6) is 1.80. The van der Waals surface area contributed by atoms with Gasteiger partial charge in [0.15, 0.2) is 5.82 Å². The maximum atomic E-state index is 13.1. The van der Waals surface area contributed by atoms with Gasteiger partial charge in [0.05, 0.1) is 17.5 Å². The van der Waals surface area contributed by atoms with Crippen molar-refractivity contribution in [2.75, 3.05) is 36.8 Å². The quantitative estimate of drug-likeness (QED) is 0.456. The van der Waals surface area contributed by atoms with Gasteiger partial charge in [0, 0.05) is 56.7 Å². The average Bonchev–Trinajstić information content (AvgIpc) is 3.45. The average molecular weight is 538 g/mol. The van der Waals surface area contributed by atoms with Gasteiger partial charge in [0.2, 0.25) is 0 Å². The predicted molar refractivity (Wildman–Crippen MR) is 149 cm³/mol. The van der Waals surface area contributed by atoms with E-state index in [2.05, 4.69) is 38.6 Å². The highest BCUT2D eigenvalue weighted by Crippen LogP contribution is 2.31. The second kappa shape index (κ2) is 11.2. The zero-order valence-electron chi connectivity index (χ0n) is 22.3. The van der Waals surface area contributed by atoms with Gasteiger partial charge in [-0.3, -0.25) is 9.69 Å². The van der Waals surface area contributed by atoms with Crippen LogP contribution in [0, 0.1) is 6.92 Å². The molecular formula is C27H36ClN9O. The molecule has 2 aliphatic heterocycles. The molecule has 0 unspecified atom stereocenters. The summed E-state index contributed by atoms with van der Waals surface area (Å²) in [6, 6.07) is 4.44. The third-order valence-electron chi connectivity index (χ3n) is 7.78. The fourth-order valence-electron chi connectivity index (χ4n) is 5.88. The number of nitrogens with zero attached hydrogens (tertiary/aromatic N) is 7. The number of nitrogen functional groups attached to an aromatic ring is 1. The Morgan fingerprint density at radius 3 is 2.63 bits per heavy atom. The molecule has 0 aliphatic carbocycles. The highest BCUT2D eigenvalue weighted by molar-refractivity contribution is 6.29. The van der Waals surface area contributed by atoms with Gasteiger partial charge in [-0.1, -0.05) is 24.9 Å². The molecule has 2 aliphatic rings. The third kappa shape index (κ3) is 5.33. The molecule has 2 atom stereocenters. The number of hydrogen-bond donors (Lipinski definition) is 2. The number of aromatic nitrogens is 5. The summed E-state index contributed by atoms with van der Waals surface area (Å²) in [7, 11) is 0. The van der Waals surface area contributed by atoms with Crippen molar-refractivity contribution < 1.29 is 4.79 Å². The van der Waals surface area contributed by atoms with Gasteiger partial charge in [-0.15, -0.1) is 0 Å². The number of carbonyl (C=O) groups is 1. The van der Waals surface area contributed by atoms with Crippen LogP contribution in [-0.4, -0.2) is 84.9 Å². The van der Waals surface area contributed by atoms with Crippen LogP contribution >= 0.6 is 11.6 Å². The lowest BCUT2D eigenvalue weighted by atomic mass is 9.95. The predicted octanol–water partition coefficient (Wildman–Crippen LogP) is 3.79. The van der Waals surface area contributed by atoms with Gasteiger partial charge in [-0.05, 0) is 45.2 Å². The SMILES string of the molecule is CCC[C@H]1CN(c2ncc(-c3ncc[nH]3)nc2C)[C@H](C)CN1C1CCN(C(=O)c2ccc(Cl)nc2N)CC1. The first-order valence-electron chi connectivity index (χ1n) is 13.4. The first-order chi connectivity index (χ1) is 18.4. The van der Waals surface area contributed by atoms with Crippen molar-refractivity contribution >= 4 is 29.1 Å². The fraction of sp³-hybridized carbons (Fsp3) is 0.519. The number of nitrogens with one attached hydrogen (secondary N) is 1. The molecule has 38 heavy (non-hydrogen) atoms. The van der Waals surface area contributed by atoms with E-state index in [1.165, 1.54) is 0 Å². The number of carbonyl (C=O) groups excluding carboxylic acids is 1. The Bertz CT molecular complexity index is 1260. The number of pyridine rings is 1. The third-order valence-corrected chi connectivity index (χ3v) is 7.99. The van der Waals surface area contributed by atoms with E-state index in [1.54, 1.807) is 24.5 Å². The fourth-order valence-corrected chi connectivity index (χ4v) is 6.03. The summed E-state index contributed by atoms with van der Waals surface area (Å²) in [5.41, 5.74) is 8.07. The monoisotopic (exact) mass is 537 g/mol. The molecule has 5 heterocycles. The van der Waals surface area contributed by atoms with Crippen LogP contribution in [0.5, 0.6) is 0 Å². The topological polar surface area (TPSA) is 120 Å². The van der Waals surface area contributed by atoms with Gasteiger partial charge in [0.1, 0.15) is 22.5 Å². The second-order valence-electron chi connectivity index (χ2n) is 10.3. The van der Waals surface area contributed by atoms with E-state index in [9.17, 15) is 4.79 Å². The lowest BCUT2D eigenvalue weighted by molar-refractivity contribution is 0.0422. The first kappa shape index (κ1) is 26.4. The Hall–Kier alpha value is -3.24. The van der Waals surface area contributed by atoms with Crippen molar-refractivity contribution in [3.05, 3.63) is 47.1 Å². The van der Waals surface area contributed by atoms with E-state index >= 15 is 0 Å². The van der Waals surface area contributed by atoms with Crippen molar-refractivity contribution in [2.45, 2.75) is 64.6 Å². The molecule has 3 aromatic rings. The van der Waals surface area contributed by atoms with Crippen LogP contribution in [0.2, 0.25) is 5.15 Å². The van der Waals surface area contributed by atoms with Gasteiger partial charge < -0.3 is 20.5 Å². The molecule has 11 heteroatoms. The number of nitrogens with two attached hydrogens (primary N) is 1. The zero-order chi connectivity index (χ0) is 26.8. The highest BCUT2D eigenvalue weighted by Gasteiger charge is 2.38. The maximum absolute atomic E-state index is 13.1. The number of likely N-dealkylation sites (tertiary alicyclic amines) is 1. The number of amides is 1. The van der Waals surface area contributed by atoms with Crippen molar-refractivity contribution in [3.63, 3.8) is 0 Å². The zero-order valence-corrected chi connectivity index (χ0v) is 23.0. The molecule has 0 bridgehead atoms. The Labute approximate surface area is 228 Å². The second-order valence-corrected chi connectivity index (χ2v) is 10.7. The minimum Gasteiger partial charge on any atom is -0.383 e. The van der Waals surface area contributed by atoms with Crippen LogP contribution in [0.3, 0.4) is 0 Å². The summed E-state index contributed by atoms with van der Waals surface area (Å²) in [6.07, 6.45) is 9.44. The molecule has 3 N–H and O–H groups in total. The number of piperidine rings is 1. The normalized spacial score (nSPS) is 21.2. The van der Waals surface area contributed by atoms with Gasteiger partial charge in [0.25, 0.3) is 5.91 Å². The number of aryl methyl sites for hydroxylation is 1. The summed E-state index contributed by atoms with van der Waals surface area (Å²) in [4.78, 5) is 41.2. The lowest BCUT2D eigenvalue weighted by Crippen LogP contribution is -2.62. The number of H-pyrrole nitrogens is 1. The molecule has 3 aromatic heterocycles. The standard InChI is InChI=1S/C27H36ClN9O/c1-4-5-20-16-36(26-18(3)33-22(14-32-26)25-30-10-11-31-25)17(2)15-37(20)19-8-12-35(13-9-19)27(38)21-6-7-23(28)34-24(21)29/h6-7,10-11,14,17,19-20H,4-5,8-9,12-13,15-16H2,1-3H3,(H2,29,34)(H,30,31)/t17-,20+/m1/s1. The van der Waals surface area contributed by atoms with Crippen LogP contribution in [0.1, 0.15) is 55.6 Å². The molecule has 0 spiro atoms. The van der Waals surface area contributed by atoms with Gasteiger partial charge in [-0.25, -0.2) is 19.9 Å². The molecule has 0 aromatic carbocycles. The molecular weight excluding hydrogens is 502 g/mol. The molecule has 2 fully saturated rings. The van der Waals surface area contributed by atoms with Crippen LogP contribution in [0.4, 0.5) is 11.6 Å². The number of imidazole rings is 1. The number of piperazine rings is 1. The largest absolute Gasteiger partial charge is 0.383 e. The van der Waals surface area contributed by atoms with Crippen molar-refractivity contribution in [2.24, 2.45) is 0 Å². The molecule has 5 rings (SSSR count). The van der Waals surface area contributed by atoms with Gasteiger partial charge >= 0.3 is 0 Å². The van der Waals surface area contributed by atoms with E-state index < -0.39 is 0 Å². The van der Waals surface area contributed by atoms with Crippen molar-refractivity contribution in [1.82, 2.24) is 34.7 Å². The Morgan fingerprint density at radius 2 is 1.97 bits per heavy atom. The summed E-state index contributed by atoms with van der Waals surface area (Å²) >= 11 is 5.91. The maximum Gasteiger partial charge on any atom is 0.257 e. The number of hydrogen-bond acceptors (Lipinski definition) is 8. The molecule has 10 nitrogen and oxygen atoms in total. The van der Waals surface area contributed by atoms with Gasteiger partial charge in [-0.2, -0.15) is 0 Å². The molecule has 0 radical (unpaired) electrons. The summed E-state index contributed by atoms with van der Waals surface area (Å²) < 4.78 is 0. The Morgan fingerprint density at radius 1 is 1.18 bits per heavy atom. The van der Waals surface area contributed by atoms with Crippen LogP contribution in [-0.2, 0) is 0 Å². The molecule has 2 saturated heterocycles. The molecule has 0 saturated carbocycles. The van der Waals surface area contributed by atoms with Crippen LogP contribution in [0.15, 0.2) is 30.7 Å². The number of anilines is 2. The van der Waals surface area contributed by atoms with E-state index in [1.807, 2.05) is 18.0 Å². The smallest absolute Gasteiger partial charge is 0.257 e. The Balaban J connectivity index is 1.26. The van der Waals surface area contributed by atoms with Crippen LogP contribution < -0.4 is 10.6 Å². The van der Waals surface area contributed by atoms with E-state index in [4.69, 9.17) is 27.3 Å². The molecule has 202 valence electrons. The number of halogens is 1. The Kier molecular flexibility index (Phi) is 7.80. The first-order valence-corrected chi connectivity index (χ1v) is 13.8. The van der Waals surface area contributed by atoms with E-state index in [0.29, 0.717) is 41.9 Å². The van der Waals surface area contributed by atoms with E-state index in [-0.39, 0.29) is 11.7 Å². The number of aromatic amines is 1. The van der Waals surface area contributed by atoms with Crippen LogP contribution in [0.25, 0.3) is 11.5 Å². The van der Waals surface area contributed by atoms with E-state index in [0.717, 1.165) is 61.8 Å². The summed E-state index contributed by atoms with van der Waals surface area (Å²) in [5, 5.41) is 0.294. The number of rotatable bonds is 6. The lowest BCUT2D eigenvalue weighted by Gasteiger charge is -2.50. The summed E-state index contributed by atoms with van der Waals surface area (Å²) in [6.45, 7) is 9.82. The molecule has 1 amide bonds. The minimum atomic E-state index is -0.0690. The van der Waals surface area contributed by atoms with Crippen molar-refractivity contribution in [3.8, 4) is 11.5 Å².